The molecular weight excluding hydrogens is 398 g/mol. The van der Waals surface area contributed by atoms with Crippen molar-refractivity contribution in [2.75, 3.05) is 23.9 Å². The van der Waals surface area contributed by atoms with Crippen LogP contribution in [0.2, 0.25) is 0 Å². The van der Waals surface area contributed by atoms with E-state index in [-0.39, 0.29) is 30.3 Å². The molecule has 0 aromatic carbocycles. The Morgan fingerprint density at radius 3 is 2.87 bits per heavy atom. The molecule has 2 aliphatic heterocycles. The molecule has 3 amide bonds. The first-order chi connectivity index (χ1) is 14.4. The molecule has 0 bridgehead atoms. The standard InChI is InChI=1S/C19H22F2N6O3/c1-11-8-27-16(15(7-23-27)26-9-13(30-2)6-17(26)28)10-25(11)19(29)24-12-3-4-22-14(5-12)18(20)21/h3-5,7,11,13,18H,6,8-10H2,1-2H3,(H,22,24,29)/t11-,13-/m0/s1. The van der Waals surface area contributed by atoms with E-state index >= 15 is 0 Å². The number of rotatable bonds is 4. The normalized spacial score (nSPS) is 21.3. The van der Waals surface area contributed by atoms with Gasteiger partial charge in [0.2, 0.25) is 5.91 Å². The molecule has 2 atom stereocenters. The van der Waals surface area contributed by atoms with E-state index in [2.05, 4.69) is 15.4 Å². The smallest absolute Gasteiger partial charge is 0.322 e. The SMILES string of the molecule is CO[C@H]1CC(=O)N(c2cnn3c2CN(C(=O)Nc2ccnc(C(F)F)c2)[C@@H](C)C3)C1. The van der Waals surface area contributed by atoms with Crippen molar-refractivity contribution in [3.05, 3.63) is 35.9 Å². The van der Waals surface area contributed by atoms with Crippen LogP contribution in [-0.4, -0.2) is 57.4 Å². The van der Waals surface area contributed by atoms with Crippen molar-refractivity contribution in [1.29, 1.82) is 0 Å². The number of methoxy groups -OCH3 is 1. The van der Waals surface area contributed by atoms with Crippen molar-refractivity contribution in [1.82, 2.24) is 19.7 Å². The minimum Gasteiger partial charge on any atom is -0.379 e. The summed E-state index contributed by atoms with van der Waals surface area (Å²) < 4.78 is 32.8. The number of alkyl halides is 2. The molecular formula is C19H22F2N6O3. The number of nitrogens with zero attached hydrogens (tertiary/aromatic N) is 5. The first-order valence-corrected chi connectivity index (χ1v) is 9.57. The summed E-state index contributed by atoms with van der Waals surface area (Å²) in [5, 5.41) is 7.04. The zero-order valence-electron chi connectivity index (χ0n) is 16.6. The summed E-state index contributed by atoms with van der Waals surface area (Å²) in [6.45, 7) is 3.00. The molecule has 0 spiro atoms. The fourth-order valence-corrected chi connectivity index (χ4v) is 3.79. The lowest BCUT2D eigenvalue weighted by molar-refractivity contribution is -0.117. The Morgan fingerprint density at radius 2 is 2.17 bits per heavy atom. The number of hydrogen-bond donors (Lipinski definition) is 1. The number of fused-ring (bicyclic) bond motifs is 1. The van der Waals surface area contributed by atoms with Gasteiger partial charge in [-0.05, 0) is 19.1 Å². The van der Waals surface area contributed by atoms with Crippen LogP contribution in [0.15, 0.2) is 24.5 Å². The van der Waals surface area contributed by atoms with E-state index < -0.39 is 18.2 Å². The number of pyridine rings is 1. The molecule has 4 rings (SSSR count). The number of carbonyl (C=O) groups excluding carboxylic acids is 2. The largest absolute Gasteiger partial charge is 0.379 e. The lowest BCUT2D eigenvalue weighted by atomic mass is 10.2. The van der Waals surface area contributed by atoms with E-state index in [0.717, 1.165) is 11.8 Å². The van der Waals surface area contributed by atoms with Gasteiger partial charge in [0.15, 0.2) is 0 Å². The van der Waals surface area contributed by atoms with Crippen molar-refractivity contribution in [3.8, 4) is 0 Å². The quantitative estimate of drug-likeness (QED) is 0.820. The summed E-state index contributed by atoms with van der Waals surface area (Å²) in [6, 6.07) is 2.01. The van der Waals surface area contributed by atoms with Gasteiger partial charge in [0.05, 0.1) is 55.8 Å². The highest BCUT2D eigenvalue weighted by atomic mass is 19.3. The summed E-state index contributed by atoms with van der Waals surface area (Å²) in [4.78, 5) is 32.1. The molecule has 11 heteroatoms. The van der Waals surface area contributed by atoms with Crippen LogP contribution in [0.5, 0.6) is 0 Å². The van der Waals surface area contributed by atoms with Crippen LogP contribution >= 0.6 is 0 Å². The van der Waals surface area contributed by atoms with Crippen LogP contribution in [-0.2, 0) is 22.6 Å². The lowest BCUT2D eigenvalue weighted by Crippen LogP contribution is -2.47. The third-order valence-electron chi connectivity index (χ3n) is 5.45. The first kappa shape index (κ1) is 20.2. The average molecular weight is 420 g/mol. The van der Waals surface area contributed by atoms with Gasteiger partial charge < -0.3 is 19.9 Å². The van der Waals surface area contributed by atoms with E-state index in [1.165, 1.54) is 12.3 Å². The molecule has 4 heterocycles. The number of nitrogens with one attached hydrogen (secondary N) is 1. The van der Waals surface area contributed by atoms with Crippen molar-refractivity contribution >= 4 is 23.3 Å². The maximum absolute atomic E-state index is 12.9. The number of ether oxygens (including phenoxy) is 1. The summed E-state index contributed by atoms with van der Waals surface area (Å²) in [5.41, 5.74) is 1.25. The van der Waals surface area contributed by atoms with Crippen LogP contribution in [0.1, 0.15) is 31.2 Å². The second-order valence-corrected chi connectivity index (χ2v) is 7.40. The van der Waals surface area contributed by atoms with Crippen LogP contribution in [0.25, 0.3) is 0 Å². The summed E-state index contributed by atoms with van der Waals surface area (Å²) in [5.74, 6) is -0.0522. The maximum Gasteiger partial charge on any atom is 0.322 e. The van der Waals surface area contributed by atoms with Crippen LogP contribution in [0.4, 0.5) is 25.0 Å². The van der Waals surface area contributed by atoms with E-state index in [0.29, 0.717) is 25.2 Å². The van der Waals surface area contributed by atoms with E-state index in [4.69, 9.17) is 4.74 Å². The second-order valence-electron chi connectivity index (χ2n) is 7.40. The third-order valence-corrected chi connectivity index (χ3v) is 5.45. The monoisotopic (exact) mass is 420 g/mol. The van der Waals surface area contributed by atoms with E-state index in [9.17, 15) is 18.4 Å². The Labute approximate surface area is 171 Å². The highest BCUT2D eigenvalue weighted by Crippen LogP contribution is 2.31. The summed E-state index contributed by atoms with van der Waals surface area (Å²) >= 11 is 0. The highest BCUT2D eigenvalue weighted by molar-refractivity contribution is 5.96. The molecule has 9 nitrogen and oxygen atoms in total. The van der Waals surface area contributed by atoms with E-state index in [1.54, 1.807) is 27.8 Å². The number of urea groups is 1. The minimum absolute atomic E-state index is 0.0522. The van der Waals surface area contributed by atoms with Gasteiger partial charge in [-0.15, -0.1) is 0 Å². The maximum atomic E-state index is 12.9. The van der Waals surface area contributed by atoms with Gasteiger partial charge in [-0.1, -0.05) is 0 Å². The highest BCUT2D eigenvalue weighted by Gasteiger charge is 2.36. The third kappa shape index (κ3) is 3.72. The molecule has 0 aliphatic carbocycles. The molecule has 0 unspecified atom stereocenters. The van der Waals surface area contributed by atoms with Crippen LogP contribution in [0, 0.1) is 0 Å². The van der Waals surface area contributed by atoms with Crippen LogP contribution in [0.3, 0.4) is 0 Å². The Kier molecular flexibility index (Phi) is 5.37. The van der Waals surface area contributed by atoms with Gasteiger partial charge in [-0.2, -0.15) is 5.10 Å². The van der Waals surface area contributed by atoms with Crippen molar-refractivity contribution in [2.45, 2.75) is 45.0 Å². The molecule has 2 aromatic heterocycles. The zero-order valence-corrected chi connectivity index (χ0v) is 16.6. The van der Waals surface area contributed by atoms with E-state index in [1.807, 2.05) is 6.92 Å². The van der Waals surface area contributed by atoms with Gasteiger partial charge >= 0.3 is 6.03 Å². The van der Waals surface area contributed by atoms with Gasteiger partial charge in [0.25, 0.3) is 6.43 Å². The second kappa shape index (κ2) is 7.98. The molecule has 1 fully saturated rings. The number of carbonyl (C=O) groups is 2. The fourth-order valence-electron chi connectivity index (χ4n) is 3.79. The molecule has 160 valence electrons. The molecule has 0 saturated carbocycles. The Hall–Kier alpha value is -3.08. The lowest BCUT2D eigenvalue weighted by Gasteiger charge is -2.35. The van der Waals surface area contributed by atoms with Gasteiger partial charge in [-0.3, -0.25) is 14.5 Å². The molecule has 1 saturated heterocycles. The van der Waals surface area contributed by atoms with Crippen molar-refractivity contribution < 1.29 is 23.1 Å². The molecule has 0 radical (unpaired) electrons. The number of amides is 3. The van der Waals surface area contributed by atoms with Crippen LogP contribution < -0.4 is 10.2 Å². The molecule has 30 heavy (non-hydrogen) atoms. The topological polar surface area (TPSA) is 92.6 Å². The summed E-state index contributed by atoms with van der Waals surface area (Å²) in [7, 11) is 1.57. The number of aromatic nitrogens is 3. The number of hydrogen-bond acceptors (Lipinski definition) is 5. The van der Waals surface area contributed by atoms with Crippen molar-refractivity contribution in [2.24, 2.45) is 0 Å². The zero-order chi connectivity index (χ0) is 21.4. The fraction of sp³-hybridized carbons (Fsp3) is 0.474. The summed E-state index contributed by atoms with van der Waals surface area (Å²) in [6.07, 6.45) is 0.273. The van der Waals surface area contributed by atoms with Gasteiger partial charge in [0.1, 0.15) is 5.69 Å². The predicted molar refractivity (Wildman–Crippen MR) is 103 cm³/mol. The predicted octanol–water partition coefficient (Wildman–Crippen LogP) is 2.40. The Morgan fingerprint density at radius 1 is 1.37 bits per heavy atom. The molecule has 2 aliphatic rings. The van der Waals surface area contributed by atoms with Gasteiger partial charge in [-0.25, -0.2) is 13.6 Å². The Bertz CT molecular complexity index is 965. The molecule has 2 aromatic rings. The van der Waals surface area contributed by atoms with Gasteiger partial charge in [0, 0.05) is 19.0 Å². The number of halogens is 2. The van der Waals surface area contributed by atoms with Crippen molar-refractivity contribution in [3.63, 3.8) is 0 Å². The minimum atomic E-state index is -2.72. The molecule has 1 N–H and O–H groups in total. The Balaban J connectivity index is 1.53. The average Bonchev–Trinajstić information content (AvgIpc) is 3.29. The first-order valence-electron chi connectivity index (χ1n) is 9.57. The number of anilines is 2.